The zero-order valence-corrected chi connectivity index (χ0v) is 37.0. The molecule has 0 bridgehead atoms. The first-order chi connectivity index (χ1) is 30.1. The summed E-state index contributed by atoms with van der Waals surface area (Å²) in [6.07, 6.45) is -10.3. The van der Waals surface area contributed by atoms with Crippen LogP contribution in [0.5, 0.6) is 0 Å². The van der Waals surface area contributed by atoms with Gasteiger partial charge in [-0.3, -0.25) is 24.5 Å². The number of aliphatic hydroxyl groups excluding tert-OH is 7. The quantitative estimate of drug-likeness (QED) is 0.0215. The van der Waals surface area contributed by atoms with Crippen LogP contribution in [0.3, 0.4) is 0 Å². The van der Waals surface area contributed by atoms with Gasteiger partial charge in [-0.25, -0.2) is 0 Å². The molecule has 0 aliphatic carbocycles. The first-order valence-corrected chi connectivity index (χ1v) is 21.4. The molecule has 24 nitrogen and oxygen atoms in total. The van der Waals surface area contributed by atoms with Gasteiger partial charge in [0.1, 0.15) is 42.9 Å². The fraction of sp³-hybridized carbons (Fsp3) is 0.897. The highest BCUT2D eigenvalue weighted by Crippen LogP contribution is 2.25. The van der Waals surface area contributed by atoms with Crippen LogP contribution in [0.25, 0.3) is 0 Å². The summed E-state index contributed by atoms with van der Waals surface area (Å²) in [6, 6.07) is -1.94. The minimum Gasteiger partial charge on any atom is -0.394 e. The second-order valence-corrected chi connectivity index (χ2v) is 15.2. The molecule has 0 radical (unpaired) electrons. The monoisotopic (exact) mass is 915 g/mol. The van der Waals surface area contributed by atoms with Crippen LogP contribution in [0.1, 0.15) is 33.6 Å². The number of hydrogen-bond donors (Lipinski definition) is 11. The molecular formula is C39H74N6O18. The summed E-state index contributed by atoms with van der Waals surface area (Å²) in [5.74, 6) is -1.86. The smallest absolute Gasteiger partial charge is 0.242 e. The molecule has 2 heterocycles. The van der Waals surface area contributed by atoms with Gasteiger partial charge in [0.2, 0.25) is 23.6 Å². The zero-order chi connectivity index (χ0) is 46.7. The molecule has 0 aromatic carbocycles. The summed E-state index contributed by atoms with van der Waals surface area (Å²) < 4.78 is 39.4. The highest BCUT2D eigenvalue weighted by atomic mass is 16.6. The van der Waals surface area contributed by atoms with Crippen molar-refractivity contribution in [3.05, 3.63) is 0 Å². The van der Waals surface area contributed by atoms with Gasteiger partial charge in [-0.1, -0.05) is 0 Å². The maximum atomic E-state index is 13.7. The van der Waals surface area contributed by atoms with Gasteiger partial charge in [-0.2, -0.15) is 0 Å². The van der Waals surface area contributed by atoms with E-state index in [1.165, 1.54) is 30.6 Å². The van der Waals surface area contributed by atoms with Crippen LogP contribution in [0.4, 0.5) is 0 Å². The molecule has 368 valence electrons. The first kappa shape index (κ1) is 56.4. The topological polar surface area (TPSA) is 329 Å². The largest absolute Gasteiger partial charge is 0.394 e. The number of nitrogens with zero attached hydrogens (tertiary/aromatic N) is 2. The molecule has 2 rings (SSSR count). The number of rotatable bonds is 33. The van der Waals surface area contributed by atoms with E-state index in [0.717, 1.165) is 6.54 Å². The number of amides is 4. The highest BCUT2D eigenvalue weighted by molar-refractivity contribution is 5.84. The summed E-state index contributed by atoms with van der Waals surface area (Å²) >= 11 is 0. The Morgan fingerprint density at radius 3 is 1.44 bits per heavy atom. The minimum absolute atomic E-state index is 0.00409. The molecule has 0 spiro atoms. The molecule has 11 N–H and O–H groups in total. The van der Waals surface area contributed by atoms with Gasteiger partial charge in [0.15, 0.2) is 0 Å². The molecule has 11 unspecified atom stereocenters. The number of nitrogens with one attached hydrogen (secondary N) is 4. The lowest BCUT2D eigenvalue weighted by atomic mass is 9.91. The Bertz CT molecular complexity index is 1300. The third-order valence-corrected chi connectivity index (χ3v) is 10.3. The molecule has 0 saturated carbocycles. The predicted octanol–water partition coefficient (Wildman–Crippen LogP) is -6.37. The van der Waals surface area contributed by atoms with Crippen LogP contribution in [0.15, 0.2) is 0 Å². The van der Waals surface area contributed by atoms with E-state index in [4.69, 9.17) is 33.2 Å². The highest BCUT2D eigenvalue weighted by Gasteiger charge is 2.45. The van der Waals surface area contributed by atoms with E-state index in [-0.39, 0.29) is 78.6 Å². The Labute approximate surface area is 368 Å². The predicted molar refractivity (Wildman–Crippen MR) is 221 cm³/mol. The lowest BCUT2D eigenvalue weighted by Crippen LogP contribution is -2.64. The number of likely N-dealkylation sites (N-methyl/N-ethyl adjacent to an activating group) is 1. The molecule has 2 saturated heterocycles. The third kappa shape index (κ3) is 21.4. The van der Waals surface area contributed by atoms with E-state index in [1.54, 1.807) is 0 Å². The normalized spacial score (nSPS) is 26.5. The number of aliphatic hydroxyl groups is 7. The molecule has 0 aromatic rings. The van der Waals surface area contributed by atoms with Gasteiger partial charge in [-0.15, -0.1) is 0 Å². The second kappa shape index (κ2) is 32.0. The van der Waals surface area contributed by atoms with Crippen molar-refractivity contribution in [3.8, 4) is 0 Å². The summed E-state index contributed by atoms with van der Waals surface area (Å²) in [6.45, 7) is 5.54. The van der Waals surface area contributed by atoms with Crippen molar-refractivity contribution in [2.45, 2.75) is 101 Å². The van der Waals surface area contributed by atoms with Crippen LogP contribution in [0.2, 0.25) is 0 Å². The Kier molecular flexibility index (Phi) is 28.6. The van der Waals surface area contributed by atoms with Crippen molar-refractivity contribution in [1.29, 1.82) is 0 Å². The average molecular weight is 915 g/mol. The fourth-order valence-corrected chi connectivity index (χ4v) is 6.88. The minimum atomic E-state index is -1.43. The fourth-order valence-electron chi connectivity index (χ4n) is 6.88. The first-order valence-electron chi connectivity index (χ1n) is 21.4. The molecule has 4 amide bonds. The second-order valence-electron chi connectivity index (χ2n) is 15.2. The molecule has 2 fully saturated rings. The van der Waals surface area contributed by atoms with Crippen LogP contribution in [-0.2, 0) is 52.3 Å². The Hall–Kier alpha value is -2.76. The van der Waals surface area contributed by atoms with Gasteiger partial charge >= 0.3 is 0 Å². The standard InChI is InChI=1S/C39H74N6O18/c1-25(48)42-34-28(62-30(23-46)36(53)38(34)55)5-11-57-15-9-44(27(3)50)22-33(52)45(21-32(51)41-8-14-60-18-20-61-19-17-59-13-7-40-4)10-16-58-12-6-29-35(43-26(2)49)39(56)37(54)31(24-47)63-29/h28-32,34-41,46-47,51,53-56H,5-24H2,1-4H3,(H,42,48)(H,43,49). The van der Waals surface area contributed by atoms with Crippen molar-refractivity contribution < 1.29 is 88.1 Å². The molecule has 0 aromatic heterocycles. The number of ether oxygens (including phenoxy) is 7. The van der Waals surface area contributed by atoms with Gasteiger partial charge in [0.25, 0.3) is 0 Å². The van der Waals surface area contributed by atoms with Crippen LogP contribution < -0.4 is 21.3 Å². The van der Waals surface area contributed by atoms with Crippen molar-refractivity contribution in [3.63, 3.8) is 0 Å². The van der Waals surface area contributed by atoms with E-state index in [9.17, 15) is 54.9 Å². The van der Waals surface area contributed by atoms with Crippen molar-refractivity contribution >= 4 is 23.6 Å². The Morgan fingerprint density at radius 1 is 0.587 bits per heavy atom. The van der Waals surface area contributed by atoms with Crippen molar-refractivity contribution in [2.24, 2.45) is 0 Å². The molecule has 24 heteroatoms. The molecule has 2 aliphatic heterocycles. The van der Waals surface area contributed by atoms with Crippen LogP contribution in [-0.4, -0.2) is 262 Å². The molecule has 63 heavy (non-hydrogen) atoms. The van der Waals surface area contributed by atoms with Gasteiger partial charge in [-0.05, 0) is 19.9 Å². The van der Waals surface area contributed by atoms with Crippen LogP contribution >= 0.6 is 0 Å². The zero-order valence-electron chi connectivity index (χ0n) is 37.0. The van der Waals surface area contributed by atoms with Crippen molar-refractivity contribution in [2.75, 3.05) is 126 Å². The average Bonchev–Trinajstić information content (AvgIpc) is 3.24. The number of carbonyl (C=O) groups is 4. The van der Waals surface area contributed by atoms with Gasteiger partial charge in [0.05, 0.1) is 103 Å². The Balaban J connectivity index is 1.95. The summed E-state index contributed by atoms with van der Waals surface area (Å²) in [5.41, 5.74) is 0. The Morgan fingerprint density at radius 2 is 1.02 bits per heavy atom. The van der Waals surface area contributed by atoms with Gasteiger partial charge in [0, 0.05) is 60.2 Å². The summed E-state index contributed by atoms with van der Waals surface area (Å²) in [5, 5.41) is 82.7. The maximum Gasteiger partial charge on any atom is 0.242 e. The van der Waals surface area contributed by atoms with E-state index >= 15 is 0 Å². The maximum absolute atomic E-state index is 13.7. The number of carbonyl (C=O) groups excluding carboxylic acids is 4. The SMILES string of the molecule is CNCCOCCOCCOCCNC(O)CN(CCOCCC1OC(CO)C(O)C(O)C1NC(C)=O)C(=O)CN(CCOCCC1OC(CO)C(O)C(O)C1NC(C)=O)C(C)=O. The van der Waals surface area contributed by atoms with E-state index < -0.39 is 104 Å². The lowest BCUT2D eigenvalue weighted by Gasteiger charge is -2.42. The summed E-state index contributed by atoms with van der Waals surface area (Å²) in [4.78, 5) is 52.5. The van der Waals surface area contributed by atoms with E-state index in [0.29, 0.717) is 33.0 Å². The van der Waals surface area contributed by atoms with Crippen molar-refractivity contribution in [1.82, 2.24) is 31.1 Å². The van der Waals surface area contributed by atoms with E-state index in [2.05, 4.69) is 21.3 Å². The molecule has 11 atom stereocenters. The molecular weight excluding hydrogens is 840 g/mol. The van der Waals surface area contributed by atoms with Gasteiger partial charge < -0.3 is 94.7 Å². The van der Waals surface area contributed by atoms with E-state index in [1.807, 2.05) is 7.05 Å². The van der Waals surface area contributed by atoms with Crippen LogP contribution in [0, 0.1) is 0 Å². The number of hydrogen-bond acceptors (Lipinski definition) is 20. The lowest BCUT2D eigenvalue weighted by molar-refractivity contribution is -0.198. The molecule has 2 aliphatic rings. The third-order valence-electron chi connectivity index (χ3n) is 10.3. The summed E-state index contributed by atoms with van der Waals surface area (Å²) in [7, 11) is 1.84.